The number of hydrogen-bond acceptors (Lipinski definition) is 2. The molecular weight excluding hydrogens is 210 g/mol. The summed E-state index contributed by atoms with van der Waals surface area (Å²) < 4.78 is 0. The summed E-state index contributed by atoms with van der Waals surface area (Å²) in [7, 11) is 0. The molecule has 0 radical (unpaired) electrons. The highest BCUT2D eigenvalue weighted by Crippen LogP contribution is 2.16. The maximum atomic E-state index is 9.76. The zero-order valence-corrected chi connectivity index (χ0v) is 10.9. The highest BCUT2D eigenvalue weighted by Gasteiger charge is 2.14. The molecule has 1 aromatic carbocycles. The zero-order chi connectivity index (χ0) is 12.3. The van der Waals surface area contributed by atoms with Gasteiger partial charge >= 0.3 is 0 Å². The van der Waals surface area contributed by atoms with E-state index in [9.17, 15) is 5.11 Å². The molecule has 0 saturated carbocycles. The Morgan fingerprint density at radius 3 is 2.12 bits per heavy atom. The van der Waals surface area contributed by atoms with E-state index in [0.29, 0.717) is 0 Å². The second-order valence-corrected chi connectivity index (χ2v) is 5.79. The lowest BCUT2D eigenvalue weighted by molar-refractivity contribution is 0.0810. The number of rotatable bonds is 4. The van der Waals surface area contributed by atoms with E-state index in [1.807, 2.05) is 13.8 Å². The van der Waals surface area contributed by atoms with Crippen LogP contribution in [0.2, 0.25) is 0 Å². The average molecular weight is 233 g/mol. The second-order valence-electron chi connectivity index (χ2n) is 5.79. The molecule has 0 aromatic heterocycles. The third-order valence-electron chi connectivity index (χ3n) is 3.26. The van der Waals surface area contributed by atoms with E-state index in [4.69, 9.17) is 0 Å². The summed E-state index contributed by atoms with van der Waals surface area (Å²) in [5, 5.41) is 9.76. The van der Waals surface area contributed by atoms with Crippen molar-refractivity contribution in [2.24, 2.45) is 0 Å². The molecule has 0 bridgehead atoms. The third kappa shape index (κ3) is 4.14. The Morgan fingerprint density at radius 2 is 1.59 bits per heavy atom. The lowest BCUT2D eigenvalue weighted by atomic mass is 9.98. The van der Waals surface area contributed by atoms with Crippen LogP contribution in [0.1, 0.15) is 37.8 Å². The minimum Gasteiger partial charge on any atom is -0.390 e. The van der Waals surface area contributed by atoms with Crippen molar-refractivity contribution in [3.63, 3.8) is 0 Å². The smallest absolute Gasteiger partial charge is 0.0631 e. The Hall–Kier alpha value is -0.860. The van der Waals surface area contributed by atoms with Crippen molar-refractivity contribution in [3.05, 3.63) is 35.4 Å². The van der Waals surface area contributed by atoms with Crippen LogP contribution in [0.15, 0.2) is 24.3 Å². The first kappa shape index (κ1) is 12.6. The van der Waals surface area contributed by atoms with Crippen LogP contribution in [0.4, 0.5) is 0 Å². The molecule has 94 valence electrons. The third-order valence-corrected chi connectivity index (χ3v) is 3.26. The molecule has 1 heterocycles. The van der Waals surface area contributed by atoms with Crippen LogP contribution in [0.3, 0.4) is 0 Å². The van der Waals surface area contributed by atoms with Gasteiger partial charge in [0.05, 0.1) is 5.60 Å². The molecule has 1 aromatic rings. The maximum Gasteiger partial charge on any atom is 0.0631 e. The number of likely N-dealkylation sites (tertiary alicyclic amines) is 1. The summed E-state index contributed by atoms with van der Waals surface area (Å²) >= 11 is 0. The van der Waals surface area contributed by atoms with Crippen LogP contribution in [-0.2, 0) is 13.0 Å². The molecule has 0 unspecified atom stereocenters. The first-order valence-electron chi connectivity index (χ1n) is 6.55. The van der Waals surface area contributed by atoms with Crippen LogP contribution in [0.25, 0.3) is 0 Å². The molecule has 0 aliphatic carbocycles. The van der Waals surface area contributed by atoms with Crippen LogP contribution in [0.5, 0.6) is 0 Å². The molecule has 1 N–H and O–H groups in total. The largest absolute Gasteiger partial charge is 0.390 e. The van der Waals surface area contributed by atoms with Gasteiger partial charge < -0.3 is 5.11 Å². The van der Waals surface area contributed by atoms with E-state index in [0.717, 1.165) is 13.0 Å². The maximum absolute atomic E-state index is 9.76. The van der Waals surface area contributed by atoms with E-state index >= 15 is 0 Å². The standard InChI is InChI=1S/C15H23NO/c1-15(2,17)11-13-5-7-14(8-6-13)12-16-9-3-4-10-16/h5-8,17H,3-4,9-12H2,1-2H3. The van der Waals surface area contributed by atoms with Gasteiger partial charge in [0.25, 0.3) is 0 Å². The van der Waals surface area contributed by atoms with Gasteiger partial charge in [-0.05, 0) is 50.9 Å². The Morgan fingerprint density at radius 1 is 1.06 bits per heavy atom. The number of benzene rings is 1. The lowest BCUT2D eigenvalue weighted by Gasteiger charge is -2.18. The van der Waals surface area contributed by atoms with Crippen LogP contribution < -0.4 is 0 Å². The van der Waals surface area contributed by atoms with Crippen molar-refractivity contribution in [2.75, 3.05) is 13.1 Å². The average Bonchev–Trinajstić information content (AvgIpc) is 2.71. The molecular formula is C15H23NO. The monoisotopic (exact) mass is 233 g/mol. The highest BCUT2D eigenvalue weighted by molar-refractivity contribution is 5.23. The van der Waals surface area contributed by atoms with Gasteiger partial charge in [0.1, 0.15) is 0 Å². The van der Waals surface area contributed by atoms with Crippen molar-refractivity contribution >= 4 is 0 Å². The normalized spacial score (nSPS) is 17.6. The molecule has 0 spiro atoms. The molecule has 2 rings (SSSR count). The molecule has 0 amide bonds. The van der Waals surface area contributed by atoms with E-state index in [1.54, 1.807) is 0 Å². The van der Waals surface area contributed by atoms with Crippen molar-refractivity contribution in [1.29, 1.82) is 0 Å². The Bertz CT molecular complexity index is 344. The Labute approximate surface area is 104 Å². The van der Waals surface area contributed by atoms with Crippen molar-refractivity contribution in [3.8, 4) is 0 Å². The van der Waals surface area contributed by atoms with E-state index in [-0.39, 0.29) is 0 Å². The zero-order valence-electron chi connectivity index (χ0n) is 10.9. The quantitative estimate of drug-likeness (QED) is 0.864. The summed E-state index contributed by atoms with van der Waals surface area (Å²) in [4.78, 5) is 2.50. The van der Waals surface area contributed by atoms with Gasteiger partial charge in [-0.15, -0.1) is 0 Å². The van der Waals surface area contributed by atoms with Gasteiger partial charge in [0.2, 0.25) is 0 Å². The Kier molecular flexibility index (Phi) is 3.85. The number of aliphatic hydroxyl groups is 1. The summed E-state index contributed by atoms with van der Waals surface area (Å²) in [6, 6.07) is 8.67. The highest BCUT2D eigenvalue weighted by atomic mass is 16.3. The van der Waals surface area contributed by atoms with Crippen LogP contribution in [0, 0.1) is 0 Å². The van der Waals surface area contributed by atoms with E-state index in [1.165, 1.54) is 37.1 Å². The SMILES string of the molecule is CC(C)(O)Cc1ccc(CN2CCCC2)cc1. The molecule has 1 aliphatic heterocycles. The first-order chi connectivity index (χ1) is 8.03. The van der Waals surface area contributed by atoms with Gasteiger partial charge in [-0.1, -0.05) is 24.3 Å². The van der Waals surface area contributed by atoms with Crippen molar-refractivity contribution in [1.82, 2.24) is 4.90 Å². The molecule has 1 aliphatic rings. The van der Waals surface area contributed by atoms with E-state index in [2.05, 4.69) is 29.2 Å². The first-order valence-corrected chi connectivity index (χ1v) is 6.55. The van der Waals surface area contributed by atoms with Crippen molar-refractivity contribution < 1.29 is 5.11 Å². The lowest BCUT2D eigenvalue weighted by Crippen LogP contribution is -2.22. The number of nitrogens with zero attached hydrogens (tertiary/aromatic N) is 1. The molecule has 2 heteroatoms. The Balaban J connectivity index is 1.93. The second kappa shape index (κ2) is 5.19. The predicted octanol–water partition coefficient (Wildman–Crippen LogP) is 2.60. The molecule has 2 nitrogen and oxygen atoms in total. The van der Waals surface area contributed by atoms with Crippen LogP contribution in [-0.4, -0.2) is 28.7 Å². The van der Waals surface area contributed by atoms with Gasteiger partial charge in [0, 0.05) is 13.0 Å². The fourth-order valence-electron chi connectivity index (χ4n) is 2.46. The van der Waals surface area contributed by atoms with Crippen molar-refractivity contribution in [2.45, 2.75) is 45.3 Å². The van der Waals surface area contributed by atoms with Crippen LogP contribution >= 0.6 is 0 Å². The van der Waals surface area contributed by atoms with Gasteiger partial charge in [-0.25, -0.2) is 0 Å². The summed E-state index contributed by atoms with van der Waals surface area (Å²) in [6.07, 6.45) is 3.41. The fraction of sp³-hybridized carbons (Fsp3) is 0.600. The predicted molar refractivity (Wildman–Crippen MR) is 71.0 cm³/mol. The minimum absolute atomic E-state index is 0.615. The molecule has 0 atom stereocenters. The summed E-state index contributed by atoms with van der Waals surface area (Å²) in [5.41, 5.74) is 1.98. The summed E-state index contributed by atoms with van der Waals surface area (Å²) in [5.74, 6) is 0. The van der Waals surface area contributed by atoms with E-state index < -0.39 is 5.60 Å². The fourth-order valence-corrected chi connectivity index (χ4v) is 2.46. The number of hydrogen-bond donors (Lipinski definition) is 1. The minimum atomic E-state index is -0.615. The summed E-state index contributed by atoms with van der Waals surface area (Å²) in [6.45, 7) is 7.26. The molecule has 17 heavy (non-hydrogen) atoms. The van der Waals surface area contributed by atoms with Gasteiger partial charge in [-0.3, -0.25) is 4.90 Å². The molecule has 1 fully saturated rings. The topological polar surface area (TPSA) is 23.5 Å². The van der Waals surface area contributed by atoms with Gasteiger partial charge in [-0.2, -0.15) is 0 Å². The molecule has 1 saturated heterocycles. The van der Waals surface area contributed by atoms with Gasteiger partial charge in [0.15, 0.2) is 0 Å².